The first-order valence-corrected chi connectivity index (χ1v) is 8.92. The zero-order valence-corrected chi connectivity index (χ0v) is 15.1. The second kappa shape index (κ2) is 9.20. The van der Waals surface area contributed by atoms with E-state index in [1.807, 2.05) is 36.4 Å². The molecule has 1 aromatic carbocycles. The molecule has 0 aliphatic carbocycles. The number of carbonyl (C=O) groups excluding carboxylic acids is 1. The van der Waals surface area contributed by atoms with E-state index >= 15 is 0 Å². The number of carbonyl (C=O) groups is 1. The fourth-order valence-electron chi connectivity index (χ4n) is 2.96. The predicted octanol–water partition coefficient (Wildman–Crippen LogP) is 2.18. The number of morpholine rings is 1. The number of nitrogens with zero attached hydrogens (tertiary/aromatic N) is 2. The lowest BCUT2D eigenvalue weighted by molar-refractivity contribution is -0.121. The van der Waals surface area contributed by atoms with E-state index < -0.39 is 0 Å². The molecule has 0 saturated carbocycles. The summed E-state index contributed by atoms with van der Waals surface area (Å²) in [7, 11) is 1.64. The molecular formula is C20H25N3O3. The Labute approximate surface area is 154 Å². The molecular weight excluding hydrogens is 330 g/mol. The largest absolute Gasteiger partial charge is 0.497 e. The van der Waals surface area contributed by atoms with Crippen LogP contribution in [0.3, 0.4) is 0 Å². The first kappa shape index (κ1) is 18.2. The minimum absolute atomic E-state index is 0.0394. The smallest absolute Gasteiger partial charge is 0.220 e. The third kappa shape index (κ3) is 4.95. The zero-order chi connectivity index (χ0) is 18.2. The number of methoxy groups -OCH3 is 1. The second-order valence-corrected chi connectivity index (χ2v) is 6.21. The molecule has 0 spiro atoms. The van der Waals surface area contributed by atoms with E-state index in [0.29, 0.717) is 32.6 Å². The van der Waals surface area contributed by atoms with Crippen molar-refractivity contribution in [2.75, 3.05) is 38.3 Å². The lowest BCUT2D eigenvalue weighted by Crippen LogP contribution is -2.37. The van der Waals surface area contributed by atoms with E-state index in [4.69, 9.17) is 9.47 Å². The summed E-state index contributed by atoms with van der Waals surface area (Å²) in [5, 5.41) is 3.01. The van der Waals surface area contributed by atoms with Crippen LogP contribution in [0.5, 0.6) is 5.75 Å². The molecule has 0 bridgehead atoms. The average Bonchev–Trinajstić information content (AvgIpc) is 2.72. The molecule has 1 fully saturated rings. The summed E-state index contributed by atoms with van der Waals surface area (Å²) in [6, 6.07) is 11.7. The summed E-state index contributed by atoms with van der Waals surface area (Å²) < 4.78 is 10.5. The van der Waals surface area contributed by atoms with Gasteiger partial charge in [-0.1, -0.05) is 18.2 Å². The minimum atomic E-state index is 0.0394. The normalized spacial score (nSPS) is 14.1. The number of aromatic nitrogens is 1. The van der Waals surface area contributed by atoms with Crippen molar-refractivity contribution in [2.45, 2.75) is 19.4 Å². The Balaban J connectivity index is 1.51. The molecule has 0 radical (unpaired) electrons. The first-order valence-electron chi connectivity index (χ1n) is 8.92. The Morgan fingerprint density at radius 2 is 2.00 bits per heavy atom. The summed E-state index contributed by atoms with van der Waals surface area (Å²) in [6.45, 7) is 3.57. The van der Waals surface area contributed by atoms with Crippen LogP contribution in [0, 0.1) is 0 Å². The van der Waals surface area contributed by atoms with E-state index in [0.717, 1.165) is 35.8 Å². The van der Waals surface area contributed by atoms with Crippen molar-refractivity contribution < 1.29 is 14.3 Å². The number of hydrogen-bond acceptors (Lipinski definition) is 5. The molecule has 0 unspecified atom stereocenters. The molecule has 0 atom stereocenters. The van der Waals surface area contributed by atoms with Crippen LogP contribution in [-0.4, -0.2) is 44.3 Å². The topological polar surface area (TPSA) is 63.7 Å². The molecule has 6 nitrogen and oxygen atoms in total. The molecule has 1 amide bonds. The van der Waals surface area contributed by atoms with E-state index in [1.54, 1.807) is 13.3 Å². The summed E-state index contributed by atoms with van der Waals surface area (Å²) in [4.78, 5) is 18.9. The highest BCUT2D eigenvalue weighted by Gasteiger charge is 2.16. The van der Waals surface area contributed by atoms with Gasteiger partial charge >= 0.3 is 0 Å². The van der Waals surface area contributed by atoms with Gasteiger partial charge in [0.1, 0.15) is 11.6 Å². The van der Waals surface area contributed by atoms with Crippen LogP contribution in [0.25, 0.3) is 0 Å². The van der Waals surface area contributed by atoms with Crippen LogP contribution in [-0.2, 0) is 22.5 Å². The van der Waals surface area contributed by atoms with Gasteiger partial charge in [-0.3, -0.25) is 4.79 Å². The lowest BCUT2D eigenvalue weighted by Gasteiger charge is -2.29. The highest BCUT2D eigenvalue weighted by Crippen LogP contribution is 2.18. The Morgan fingerprint density at radius 3 is 2.73 bits per heavy atom. The number of anilines is 1. The third-order valence-electron chi connectivity index (χ3n) is 4.45. The SMILES string of the molecule is COc1ccc(CCC(=O)NCc2cccnc2N2CCOCC2)cc1. The van der Waals surface area contributed by atoms with Gasteiger partial charge in [0.15, 0.2) is 0 Å². The molecule has 1 aromatic heterocycles. The number of nitrogens with one attached hydrogen (secondary N) is 1. The molecule has 1 aliphatic heterocycles. The van der Waals surface area contributed by atoms with Gasteiger partial charge in [-0.15, -0.1) is 0 Å². The van der Waals surface area contributed by atoms with Crippen molar-refractivity contribution in [3.05, 3.63) is 53.7 Å². The van der Waals surface area contributed by atoms with Gasteiger partial charge in [-0.2, -0.15) is 0 Å². The van der Waals surface area contributed by atoms with Crippen molar-refractivity contribution >= 4 is 11.7 Å². The maximum Gasteiger partial charge on any atom is 0.220 e. The Hall–Kier alpha value is -2.60. The first-order chi connectivity index (χ1) is 12.8. The fourth-order valence-corrected chi connectivity index (χ4v) is 2.96. The molecule has 3 rings (SSSR count). The van der Waals surface area contributed by atoms with Gasteiger partial charge in [0.25, 0.3) is 0 Å². The third-order valence-corrected chi connectivity index (χ3v) is 4.45. The number of rotatable bonds is 7. The number of ether oxygens (including phenoxy) is 2. The van der Waals surface area contributed by atoms with E-state index in [1.165, 1.54) is 0 Å². The number of benzene rings is 1. The maximum absolute atomic E-state index is 12.2. The van der Waals surface area contributed by atoms with Crippen LogP contribution >= 0.6 is 0 Å². The molecule has 1 saturated heterocycles. The standard InChI is InChI=1S/C20H25N3O3/c1-25-18-7-4-16(5-8-18)6-9-19(24)22-15-17-3-2-10-21-20(17)23-11-13-26-14-12-23/h2-5,7-8,10H,6,9,11-15H2,1H3,(H,22,24). The summed E-state index contributed by atoms with van der Waals surface area (Å²) >= 11 is 0. The van der Waals surface area contributed by atoms with E-state index in [-0.39, 0.29) is 5.91 Å². The Bertz CT molecular complexity index is 712. The van der Waals surface area contributed by atoms with Crippen LogP contribution in [0.2, 0.25) is 0 Å². The highest BCUT2D eigenvalue weighted by atomic mass is 16.5. The molecule has 26 heavy (non-hydrogen) atoms. The van der Waals surface area contributed by atoms with Gasteiger partial charge in [0.05, 0.1) is 20.3 Å². The number of pyridine rings is 1. The van der Waals surface area contributed by atoms with Crippen molar-refractivity contribution in [3.8, 4) is 5.75 Å². The van der Waals surface area contributed by atoms with Crippen molar-refractivity contribution in [2.24, 2.45) is 0 Å². The number of hydrogen-bond donors (Lipinski definition) is 1. The van der Waals surface area contributed by atoms with Gasteiger partial charge in [-0.05, 0) is 30.2 Å². The van der Waals surface area contributed by atoms with E-state index in [2.05, 4.69) is 15.2 Å². The molecule has 2 aromatic rings. The van der Waals surface area contributed by atoms with Crippen molar-refractivity contribution in [1.82, 2.24) is 10.3 Å². The van der Waals surface area contributed by atoms with E-state index in [9.17, 15) is 4.79 Å². The van der Waals surface area contributed by atoms with Gasteiger partial charge in [-0.25, -0.2) is 4.98 Å². The molecule has 6 heteroatoms. The Kier molecular flexibility index (Phi) is 6.44. The second-order valence-electron chi connectivity index (χ2n) is 6.21. The molecule has 2 heterocycles. The summed E-state index contributed by atoms with van der Waals surface area (Å²) in [5.74, 6) is 1.80. The van der Waals surface area contributed by atoms with Gasteiger partial charge in [0.2, 0.25) is 5.91 Å². The Morgan fingerprint density at radius 1 is 1.23 bits per heavy atom. The van der Waals surface area contributed by atoms with Crippen LogP contribution in [0.4, 0.5) is 5.82 Å². The summed E-state index contributed by atoms with van der Waals surface area (Å²) in [6.07, 6.45) is 2.96. The highest BCUT2D eigenvalue weighted by molar-refractivity contribution is 5.76. The number of aryl methyl sites for hydroxylation is 1. The maximum atomic E-state index is 12.2. The minimum Gasteiger partial charge on any atom is -0.497 e. The predicted molar refractivity (Wildman–Crippen MR) is 100 cm³/mol. The quantitative estimate of drug-likeness (QED) is 0.825. The van der Waals surface area contributed by atoms with Crippen molar-refractivity contribution in [3.63, 3.8) is 0 Å². The van der Waals surface area contributed by atoms with Gasteiger partial charge in [0, 0.05) is 37.8 Å². The van der Waals surface area contributed by atoms with Crippen LogP contribution < -0.4 is 15.0 Å². The zero-order valence-electron chi connectivity index (χ0n) is 15.1. The lowest BCUT2D eigenvalue weighted by atomic mass is 10.1. The van der Waals surface area contributed by atoms with Gasteiger partial charge < -0.3 is 19.7 Å². The fraction of sp³-hybridized carbons (Fsp3) is 0.400. The number of amides is 1. The van der Waals surface area contributed by atoms with Crippen LogP contribution in [0.1, 0.15) is 17.5 Å². The molecule has 138 valence electrons. The molecule has 1 N–H and O–H groups in total. The van der Waals surface area contributed by atoms with Crippen molar-refractivity contribution in [1.29, 1.82) is 0 Å². The average molecular weight is 355 g/mol. The molecule has 1 aliphatic rings. The van der Waals surface area contributed by atoms with Crippen LogP contribution in [0.15, 0.2) is 42.6 Å². The monoisotopic (exact) mass is 355 g/mol. The summed E-state index contributed by atoms with van der Waals surface area (Å²) in [5.41, 5.74) is 2.16.